The Kier molecular flexibility index (Phi) is 5.85. The Labute approximate surface area is 160 Å². The van der Waals surface area contributed by atoms with Gasteiger partial charge in [-0.1, -0.05) is 29.3 Å². The first-order valence-electron chi connectivity index (χ1n) is 7.90. The Hall–Kier alpha value is -2.44. The third-order valence-electron chi connectivity index (χ3n) is 3.70. The lowest BCUT2D eigenvalue weighted by Crippen LogP contribution is -2.37. The van der Waals surface area contributed by atoms with Gasteiger partial charge in [-0.15, -0.1) is 0 Å². The number of nitrogens with zero attached hydrogens (tertiary/aromatic N) is 1. The molecule has 1 saturated heterocycles. The number of hydrogen-bond acceptors (Lipinski definition) is 4. The molecule has 6 nitrogen and oxygen atoms in total. The zero-order valence-electron chi connectivity index (χ0n) is 13.7. The fourth-order valence-corrected chi connectivity index (χ4v) is 2.75. The van der Waals surface area contributed by atoms with Crippen molar-refractivity contribution in [2.45, 2.75) is 6.10 Å². The second-order valence-electron chi connectivity index (χ2n) is 5.64. The van der Waals surface area contributed by atoms with E-state index in [-0.39, 0.29) is 19.1 Å². The molecule has 136 valence electrons. The van der Waals surface area contributed by atoms with Gasteiger partial charge in [-0.2, -0.15) is 0 Å². The number of hydrogen-bond donors (Lipinski definition) is 1. The fraction of sp³-hybridized carbons (Fsp3) is 0.222. The monoisotopic (exact) mass is 394 g/mol. The molecule has 1 atom stereocenters. The normalized spacial score (nSPS) is 16.3. The van der Waals surface area contributed by atoms with E-state index in [1.165, 1.54) is 4.90 Å². The number of halogens is 2. The first kappa shape index (κ1) is 18.4. The highest BCUT2D eigenvalue weighted by Gasteiger charge is 2.32. The Morgan fingerprint density at radius 2 is 1.96 bits per heavy atom. The summed E-state index contributed by atoms with van der Waals surface area (Å²) < 4.78 is 10.6. The van der Waals surface area contributed by atoms with Gasteiger partial charge in [0.05, 0.1) is 13.1 Å². The van der Waals surface area contributed by atoms with Gasteiger partial charge in [-0.05, 0) is 42.5 Å². The van der Waals surface area contributed by atoms with E-state index in [1.54, 1.807) is 48.5 Å². The minimum Gasteiger partial charge on any atom is -0.484 e. The van der Waals surface area contributed by atoms with Crippen molar-refractivity contribution in [3.8, 4) is 5.75 Å². The molecule has 1 unspecified atom stereocenters. The van der Waals surface area contributed by atoms with Crippen molar-refractivity contribution < 1.29 is 19.1 Å². The zero-order chi connectivity index (χ0) is 18.5. The Bertz CT molecular complexity index is 798. The molecule has 0 bridgehead atoms. The lowest BCUT2D eigenvalue weighted by atomic mass is 10.2. The van der Waals surface area contributed by atoms with Crippen LogP contribution in [0.1, 0.15) is 0 Å². The Morgan fingerprint density at radius 1 is 1.19 bits per heavy atom. The molecule has 1 heterocycles. The van der Waals surface area contributed by atoms with E-state index in [2.05, 4.69) is 5.32 Å². The number of benzene rings is 2. The summed E-state index contributed by atoms with van der Waals surface area (Å²) in [6, 6.07) is 13.7. The molecule has 8 heteroatoms. The summed E-state index contributed by atoms with van der Waals surface area (Å²) in [6.07, 6.45) is -0.912. The second kappa shape index (κ2) is 8.29. The average Bonchev–Trinajstić information content (AvgIpc) is 3.00. The van der Waals surface area contributed by atoms with E-state index < -0.39 is 12.2 Å². The van der Waals surface area contributed by atoms with E-state index in [1.807, 2.05) is 0 Å². The molecule has 2 amide bonds. The summed E-state index contributed by atoms with van der Waals surface area (Å²) in [4.78, 5) is 25.4. The number of cyclic esters (lactones) is 1. The van der Waals surface area contributed by atoms with Gasteiger partial charge in [-0.3, -0.25) is 9.69 Å². The highest BCUT2D eigenvalue weighted by molar-refractivity contribution is 6.31. The molecule has 0 spiro atoms. The number of ether oxygens (including phenoxy) is 2. The molecular formula is C18H16Cl2N2O4. The van der Waals surface area contributed by atoms with Crippen molar-refractivity contribution in [1.29, 1.82) is 0 Å². The van der Waals surface area contributed by atoms with Crippen LogP contribution in [0.5, 0.6) is 5.75 Å². The number of carbonyl (C=O) groups is 2. The Balaban J connectivity index is 1.45. The highest BCUT2D eigenvalue weighted by atomic mass is 35.5. The van der Waals surface area contributed by atoms with Crippen LogP contribution in [0.15, 0.2) is 48.5 Å². The van der Waals surface area contributed by atoms with Crippen LogP contribution in [0.2, 0.25) is 10.0 Å². The van der Waals surface area contributed by atoms with Crippen molar-refractivity contribution in [2.24, 2.45) is 0 Å². The van der Waals surface area contributed by atoms with Crippen molar-refractivity contribution in [3.05, 3.63) is 58.6 Å². The second-order valence-corrected chi connectivity index (χ2v) is 6.52. The third-order valence-corrected chi connectivity index (χ3v) is 4.19. The van der Waals surface area contributed by atoms with Crippen LogP contribution in [0, 0.1) is 0 Å². The first-order chi connectivity index (χ1) is 12.5. The largest absolute Gasteiger partial charge is 0.484 e. The molecule has 2 aromatic rings. The summed E-state index contributed by atoms with van der Waals surface area (Å²) in [5.74, 6) is 0.237. The van der Waals surface area contributed by atoms with Crippen LogP contribution in [-0.4, -0.2) is 37.8 Å². The standard InChI is InChI=1S/C18H16Cl2N2O4/c19-12-4-6-15(7-5-12)25-11-17(23)21-9-16-10-22(18(24)26-16)14-3-1-2-13(20)8-14/h1-8,16H,9-11H2,(H,21,23). The Morgan fingerprint density at radius 3 is 2.69 bits per heavy atom. The van der Waals surface area contributed by atoms with Crippen LogP contribution in [0.4, 0.5) is 10.5 Å². The number of anilines is 1. The average molecular weight is 395 g/mol. The summed E-state index contributed by atoms with van der Waals surface area (Å²) >= 11 is 11.7. The maximum Gasteiger partial charge on any atom is 0.414 e. The molecule has 26 heavy (non-hydrogen) atoms. The molecule has 1 aliphatic rings. The molecular weight excluding hydrogens is 379 g/mol. The van der Waals surface area contributed by atoms with Gasteiger partial charge in [-0.25, -0.2) is 4.79 Å². The number of amides is 2. The predicted molar refractivity (Wildman–Crippen MR) is 99.0 cm³/mol. The summed E-state index contributed by atoms with van der Waals surface area (Å²) in [6.45, 7) is 0.392. The van der Waals surface area contributed by atoms with E-state index in [9.17, 15) is 9.59 Å². The molecule has 3 rings (SSSR count). The van der Waals surface area contributed by atoms with Gasteiger partial charge in [0.2, 0.25) is 0 Å². The number of carbonyl (C=O) groups excluding carboxylic acids is 2. The van der Waals surface area contributed by atoms with E-state index in [4.69, 9.17) is 32.7 Å². The summed E-state index contributed by atoms with van der Waals surface area (Å²) in [5, 5.41) is 3.82. The van der Waals surface area contributed by atoms with Gasteiger partial charge < -0.3 is 14.8 Å². The predicted octanol–water partition coefficient (Wildman–Crippen LogP) is 3.51. The summed E-state index contributed by atoms with van der Waals surface area (Å²) in [7, 11) is 0. The quantitative estimate of drug-likeness (QED) is 0.813. The van der Waals surface area contributed by atoms with Crippen LogP contribution in [-0.2, 0) is 9.53 Å². The molecule has 1 N–H and O–H groups in total. The van der Waals surface area contributed by atoms with Crippen LogP contribution < -0.4 is 15.0 Å². The fourth-order valence-electron chi connectivity index (χ4n) is 2.44. The van der Waals surface area contributed by atoms with Gasteiger partial charge >= 0.3 is 6.09 Å². The third kappa shape index (κ3) is 4.80. The topological polar surface area (TPSA) is 67.9 Å². The number of nitrogens with one attached hydrogen (secondary N) is 1. The zero-order valence-corrected chi connectivity index (χ0v) is 15.2. The lowest BCUT2D eigenvalue weighted by molar-refractivity contribution is -0.123. The van der Waals surface area contributed by atoms with Gasteiger partial charge in [0.25, 0.3) is 5.91 Å². The maximum atomic E-state index is 12.0. The van der Waals surface area contributed by atoms with Crippen LogP contribution in [0.25, 0.3) is 0 Å². The van der Waals surface area contributed by atoms with E-state index in [0.29, 0.717) is 28.0 Å². The molecule has 0 aliphatic carbocycles. The minimum atomic E-state index is -0.469. The smallest absolute Gasteiger partial charge is 0.414 e. The van der Waals surface area contributed by atoms with E-state index in [0.717, 1.165) is 0 Å². The van der Waals surface area contributed by atoms with Crippen LogP contribution >= 0.6 is 23.2 Å². The lowest BCUT2D eigenvalue weighted by Gasteiger charge is -2.13. The number of rotatable bonds is 6. The first-order valence-corrected chi connectivity index (χ1v) is 8.65. The summed E-state index contributed by atoms with van der Waals surface area (Å²) in [5.41, 5.74) is 0.655. The molecule has 1 aliphatic heterocycles. The highest BCUT2D eigenvalue weighted by Crippen LogP contribution is 2.24. The molecule has 0 aromatic heterocycles. The molecule has 0 saturated carbocycles. The van der Waals surface area contributed by atoms with Crippen molar-refractivity contribution >= 4 is 40.9 Å². The van der Waals surface area contributed by atoms with Gasteiger partial charge in [0, 0.05) is 15.7 Å². The van der Waals surface area contributed by atoms with Crippen LogP contribution in [0.3, 0.4) is 0 Å². The molecule has 1 fully saturated rings. The van der Waals surface area contributed by atoms with Crippen molar-refractivity contribution in [3.63, 3.8) is 0 Å². The van der Waals surface area contributed by atoms with Crippen molar-refractivity contribution in [1.82, 2.24) is 5.32 Å². The van der Waals surface area contributed by atoms with E-state index >= 15 is 0 Å². The molecule has 2 aromatic carbocycles. The van der Waals surface area contributed by atoms with Gasteiger partial charge in [0.1, 0.15) is 11.9 Å². The minimum absolute atomic E-state index is 0.139. The SMILES string of the molecule is O=C(COc1ccc(Cl)cc1)NCC1CN(c2cccc(Cl)c2)C(=O)O1. The maximum absolute atomic E-state index is 12.0. The molecule has 0 radical (unpaired) electrons. The van der Waals surface area contributed by atoms with Crippen molar-refractivity contribution in [2.75, 3.05) is 24.6 Å². The van der Waals surface area contributed by atoms with Gasteiger partial charge in [0.15, 0.2) is 6.61 Å².